The van der Waals surface area contributed by atoms with E-state index in [2.05, 4.69) is 9.97 Å². The van der Waals surface area contributed by atoms with Gasteiger partial charge in [-0.15, -0.1) is 0 Å². The highest BCUT2D eigenvalue weighted by molar-refractivity contribution is 5.85. The summed E-state index contributed by atoms with van der Waals surface area (Å²) in [6.07, 6.45) is -0.427. The Kier molecular flexibility index (Phi) is 7.28. The molecule has 2 amide bonds. The molecule has 0 spiro atoms. The van der Waals surface area contributed by atoms with Gasteiger partial charge in [-0.25, -0.2) is 14.4 Å². The Balaban J connectivity index is 1.28. The summed E-state index contributed by atoms with van der Waals surface area (Å²) in [7, 11) is 1.63. The molecule has 2 unspecified atom stereocenters. The van der Waals surface area contributed by atoms with Crippen molar-refractivity contribution in [3.8, 4) is 0 Å². The SMILES string of the molecule is CN(CC1CN(C(=O)C2CCN(C(=O)C3(C)CC3)CC2)CC1c1ccc(F)cc1)c1nccc(C(F)(F)F)n1. The second-order valence-electron chi connectivity index (χ2n) is 11.4. The number of rotatable bonds is 6. The molecule has 11 heteroatoms. The largest absolute Gasteiger partial charge is 0.433 e. The molecule has 2 atom stereocenters. The topological polar surface area (TPSA) is 69.6 Å². The molecule has 0 radical (unpaired) electrons. The molecule has 0 N–H and O–H groups in total. The van der Waals surface area contributed by atoms with Gasteiger partial charge in [0.2, 0.25) is 17.8 Å². The number of anilines is 1. The van der Waals surface area contributed by atoms with Crippen LogP contribution in [-0.2, 0) is 15.8 Å². The lowest BCUT2D eigenvalue weighted by Gasteiger charge is -2.34. The highest BCUT2D eigenvalue weighted by atomic mass is 19.4. The van der Waals surface area contributed by atoms with E-state index in [0.29, 0.717) is 45.6 Å². The number of carbonyl (C=O) groups is 2. The van der Waals surface area contributed by atoms with Crippen LogP contribution in [0.2, 0.25) is 0 Å². The van der Waals surface area contributed by atoms with E-state index in [1.807, 2.05) is 16.7 Å². The van der Waals surface area contributed by atoms with Gasteiger partial charge in [0.1, 0.15) is 11.5 Å². The third-order valence-electron chi connectivity index (χ3n) is 8.48. The van der Waals surface area contributed by atoms with Crippen LogP contribution in [0.25, 0.3) is 0 Å². The number of hydrogen-bond acceptors (Lipinski definition) is 5. The van der Waals surface area contributed by atoms with Crippen molar-refractivity contribution in [2.45, 2.75) is 44.7 Å². The van der Waals surface area contributed by atoms with E-state index in [-0.39, 0.29) is 46.7 Å². The number of likely N-dealkylation sites (tertiary alicyclic amines) is 2. The molecule has 1 aliphatic carbocycles. The van der Waals surface area contributed by atoms with Gasteiger partial charge in [0.25, 0.3) is 0 Å². The first-order valence-electron chi connectivity index (χ1n) is 13.4. The molecule has 1 aromatic heterocycles. The summed E-state index contributed by atoms with van der Waals surface area (Å²) in [6, 6.07) is 6.99. The molecule has 5 rings (SSSR count). The van der Waals surface area contributed by atoms with Gasteiger partial charge in [-0.2, -0.15) is 13.2 Å². The van der Waals surface area contributed by atoms with Crippen LogP contribution in [0.15, 0.2) is 36.5 Å². The smallest absolute Gasteiger partial charge is 0.344 e. The summed E-state index contributed by atoms with van der Waals surface area (Å²) < 4.78 is 53.2. The monoisotopic (exact) mass is 547 g/mol. The van der Waals surface area contributed by atoms with Gasteiger partial charge in [0.05, 0.1) is 0 Å². The van der Waals surface area contributed by atoms with Gasteiger partial charge in [-0.1, -0.05) is 19.1 Å². The number of hydrogen-bond donors (Lipinski definition) is 0. The number of nitrogens with zero attached hydrogens (tertiary/aromatic N) is 5. The molecule has 0 bridgehead atoms. The van der Waals surface area contributed by atoms with Crippen LogP contribution < -0.4 is 4.90 Å². The van der Waals surface area contributed by atoms with Crippen molar-refractivity contribution in [3.05, 3.63) is 53.6 Å². The molecule has 1 saturated carbocycles. The number of amides is 2. The van der Waals surface area contributed by atoms with Gasteiger partial charge in [-0.3, -0.25) is 9.59 Å². The summed E-state index contributed by atoms with van der Waals surface area (Å²) in [5.74, 6) is -0.624. The second-order valence-corrected chi connectivity index (χ2v) is 11.4. The first kappa shape index (κ1) is 27.3. The summed E-state index contributed by atoms with van der Waals surface area (Å²) in [6.45, 7) is 4.30. The molecule has 2 aliphatic heterocycles. The van der Waals surface area contributed by atoms with E-state index in [4.69, 9.17) is 0 Å². The minimum atomic E-state index is -4.58. The van der Waals surface area contributed by atoms with E-state index in [0.717, 1.165) is 30.7 Å². The highest BCUT2D eigenvalue weighted by Crippen LogP contribution is 2.47. The van der Waals surface area contributed by atoms with Crippen molar-refractivity contribution < 1.29 is 27.2 Å². The Morgan fingerprint density at radius 1 is 1.05 bits per heavy atom. The lowest BCUT2D eigenvalue weighted by atomic mass is 9.88. The van der Waals surface area contributed by atoms with Gasteiger partial charge in [0.15, 0.2) is 0 Å². The van der Waals surface area contributed by atoms with E-state index in [1.165, 1.54) is 12.1 Å². The van der Waals surface area contributed by atoms with Crippen LogP contribution in [0.1, 0.15) is 49.8 Å². The summed E-state index contributed by atoms with van der Waals surface area (Å²) in [5.41, 5.74) is -0.372. The number of piperidine rings is 1. The number of halogens is 4. The van der Waals surface area contributed by atoms with Crippen molar-refractivity contribution in [1.82, 2.24) is 19.8 Å². The first-order chi connectivity index (χ1) is 18.4. The fourth-order valence-corrected chi connectivity index (χ4v) is 5.82. The van der Waals surface area contributed by atoms with Crippen molar-refractivity contribution >= 4 is 17.8 Å². The van der Waals surface area contributed by atoms with Gasteiger partial charge >= 0.3 is 6.18 Å². The van der Waals surface area contributed by atoms with Crippen molar-refractivity contribution in [1.29, 1.82) is 0 Å². The highest BCUT2D eigenvalue weighted by Gasteiger charge is 2.48. The lowest BCUT2D eigenvalue weighted by molar-refractivity contribution is -0.142. The Bertz CT molecular complexity index is 1210. The van der Waals surface area contributed by atoms with Gasteiger partial charge in [0, 0.05) is 69.1 Å². The van der Waals surface area contributed by atoms with E-state index in [9.17, 15) is 27.2 Å². The quantitative estimate of drug-likeness (QED) is 0.503. The molecule has 210 valence electrons. The summed E-state index contributed by atoms with van der Waals surface area (Å²) >= 11 is 0. The standard InChI is InChI=1S/C28H33F4N5O2/c1-27(10-11-27)25(39)36-13-8-19(9-14-36)24(38)37-16-20(22(17-37)18-3-5-21(29)6-4-18)15-35(2)26-33-12-7-23(34-26)28(30,31)32/h3-7,12,19-20,22H,8-11,13-17H2,1-2H3. The molecule has 3 aliphatic rings. The lowest BCUT2D eigenvalue weighted by Crippen LogP contribution is -2.46. The number of carbonyl (C=O) groups excluding carboxylic acids is 2. The maximum absolute atomic E-state index is 13.6. The van der Waals surface area contributed by atoms with Gasteiger partial charge in [-0.05, 0) is 49.4 Å². The zero-order valence-electron chi connectivity index (χ0n) is 22.1. The average molecular weight is 548 g/mol. The molecule has 2 aromatic rings. The van der Waals surface area contributed by atoms with Crippen LogP contribution in [0.3, 0.4) is 0 Å². The van der Waals surface area contributed by atoms with Crippen molar-refractivity contribution in [2.75, 3.05) is 44.7 Å². The van der Waals surface area contributed by atoms with E-state index in [1.54, 1.807) is 24.1 Å². The molecular weight excluding hydrogens is 514 g/mol. The summed E-state index contributed by atoms with van der Waals surface area (Å²) in [5, 5.41) is 0. The molecule has 3 heterocycles. The molecule has 39 heavy (non-hydrogen) atoms. The molecule has 2 saturated heterocycles. The zero-order valence-corrected chi connectivity index (χ0v) is 22.1. The predicted molar refractivity (Wildman–Crippen MR) is 136 cm³/mol. The van der Waals surface area contributed by atoms with Crippen LogP contribution >= 0.6 is 0 Å². The Hall–Kier alpha value is -3.24. The maximum atomic E-state index is 13.6. The minimum Gasteiger partial charge on any atom is -0.344 e. The minimum absolute atomic E-state index is 0.0346. The Morgan fingerprint density at radius 3 is 2.33 bits per heavy atom. The van der Waals surface area contributed by atoms with E-state index < -0.39 is 11.9 Å². The van der Waals surface area contributed by atoms with E-state index >= 15 is 0 Å². The third kappa shape index (κ3) is 5.86. The number of benzene rings is 1. The zero-order chi connectivity index (χ0) is 27.9. The van der Waals surface area contributed by atoms with Crippen LogP contribution in [0.4, 0.5) is 23.5 Å². The van der Waals surface area contributed by atoms with Crippen molar-refractivity contribution in [3.63, 3.8) is 0 Å². The number of aromatic nitrogens is 2. The van der Waals surface area contributed by atoms with Crippen LogP contribution in [0, 0.1) is 23.1 Å². The Labute approximate surface area is 225 Å². The molecular formula is C28H33F4N5O2. The predicted octanol–water partition coefficient (Wildman–Crippen LogP) is 4.35. The normalized spacial score (nSPS) is 23.1. The molecule has 3 fully saturated rings. The van der Waals surface area contributed by atoms with Gasteiger partial charge < -0.3 is 14.7 Å². The maximum Gasteiger partial charge on any atom is 0.433 e. The summed E-state index contributed by atoms with van der Waals surface area (Å²) in [4.78, 5) is 39.3. The fraction of sp³-hybridized carbons (Fsp3) is 0.571. The van der Waals surface area contributed by atoms with Crippen LogP contribution in [-0.4, -0.2) is 71.4 Å². The molecule has 1 aromatic carbocycles. The second kappa shape index (κ2) is 10.4. The third-order valence-corrected chi connectivity index (χ3v) is 8.48. The first-order valence-corrected chi connectivity index (χ1v) is 13.4. The average Bonchev–Trinajstić information content (AvgIpc) is 3.54. The van der Waals surface area contributed by atoms with Crippen molar-refractivity contribution in [2.24, 2.45) is 17.3 Å². The fourth-order valence-electron chi connectivity index (χ4n) is 5.82. The van der Waals surface area contributed by atoms with Crippen LogP contribution in [0.5, 0.6) is 0 Å². The molecule has 7 nitrogen and oxygen atoms in total. The number of alkyl halides is 3. The Morgan fingerprint density at radius 2 is 1.72 bits per heavy atom.